The summed E-state index contributed by atoms with van der Waals surface area (Å²) >= 11 is 6.02. The van der Waals surface area contributed by atoms with Gasteiger partial charge in [0.15, 0.2) is 0 Å². The van der Waals surface area contributed by atoms with Gasteiger partial charge in [-0.05, 0) is 12.1 Å². The number of rotatable bonds is 1. The van der Waals surface area contributed by atoms with Crippen molar-refractivity contribution in [3.8, 4) is 11.3 Å². The van der Waals surface area contributed by atoms with Crippen LogP contribution in [-0.2, 0) is 14.1 Å². The van der Waals surface area contributed by atoms with Crippen LogP contribution in [0.4, 0.5) is 5.82 Å². The van der Waals surface area contributed by atoms with E-state index >= 15 is 0 Å². The van der Waals surface area contributed by atoms with Crippen LogP contribution in [-0.4, -0.2) is 14.3 Å². The van der Waals surface area contributed by atoms with Gasteiger partial charge in [-0.3, -0.25) is 4.68 Å². The van der Waals surface area contributed by atoms with Crippen LogP contribution in [0.25, 0.3) is 22.2 Å². The van der Waals surface area contributed by atoms with E-state index in [1.54, 1.807) is 4.68 Å². The second-order valence-electron chi connectivity index (χ2n) is 4.39. The van der Waals surface area contributed by atoms with Crippen LogP contribution in [0, 0.1) is 0 Å². The Kier molecular flexibility index (Phi) is 2.35. The van der Waals surface area contributed by atoms with Gasteiger partial charge in [0.2, 0.25) is 0 Å². The maximum atomic E-state index is 6.02. The van der Waals surface area contributed by atoms with Crippen LogP contribution >= 0.6 is 11.6 Å². The largest absolute Gasteiger partial charge is 0.384 e. The van der Waals surface area contributed by atoms with Gasteiger partial charge < -0.3 is 10.3 Å². The summed E-state index contributed by atoms with van der Waals surface area (Å²) in [6, 6.07) is 7.73. The molecule has 0 fully saturated rings. The highest BCUT2D eigenvalue weighted by Crippen LogP contribution is 2.31. The molecule has 2 heterocycles. The van der Waals surface area contributed by atoms with Gasteiger partial charge in [0.1, 0.15) is 5.82 Å². The van der Waals surface area contributed by atoms with Crippen LogP contribution in [0.1, 0.15) is 0 Å². The number of benzene rings is 1. The Morgan fingerprint density at radius 3 is 2.67 bits per heavy atom. The summed E-state index contributed by atoms with van der Waals surface area (Å²) < 4.78 is 3.71. The van der Waals surface area contributed by atoms with E-state index < -0.39 is 0 Å². The van der Waals surface area contributed by atoms with Crippen LogP contribution in [0.5, 0.6) is 0 Å². The molecule has 2 N–H and O–H groups in total. The van der Waals surface area contributed by atoms with Crippen molar-refractivity contribution in [3.63, 3.8) is 0 Å². The summed E-state index contributed by atoms with van der Waals surface area (Å²) in [4.78, 5) is 0. The highest BCUT2D eigenvalue weighted by Gasteiger charge is 2.12. The number of aromatic nitrogens is 3. The summed E-state index contributed by atoms with van der Waals surface area (Å²) in [5.41, 5.74) is 8.85. The maximum Gasteiger partial charge on any atom is 0.121 e. The topological polar surface area (TPSA) is 48.8 Å². The quantitative estimate of drug-likeness (QED) is 0.731. The van der Waals surface area contributed by atoms with Crippen molar-refractivity contribution in [3.05, 3.63) is 35.5 Å². The Hall–Kier alpha value is -1.94. The lowest BCUT2D eigenvalue weighted by Crippen LogP contribution is -1.96. The number of nitrogen functional groups attached to an aromatic ring is 1. The molecule has 0 atom stereocenters. The van der Waals surface area contributed by atoms with E-state index in [1.165, 1.54) is 0 Å². The number of hydrogen-bond donors (Lipinski definition) is 1. The van der Waals surface area contributed by atoms with Gasteiger partial charge in [0, 0.05) is 47.8 Å². The van der Waals surface area contributed by atoms with Crippen molar-refractivity contribution in [2.24, 2.45) is 14.1 Å². The van der Waals surface area contributed by atoms with Gasteiger partial charge in [0.25, 0.3) is 0 Å². The van der Waals surface area contributed by atoms with E-state index in [1.807, 2.05) is 49.1 Å². The predicted molar refractivity (Wildman–Crippen MR) is 74.5 cm³/mol. The molecule has 0 radical (unpaired) electrons. The van der Waals surface area contributed by atoms with Gasteiger partial charge >= 0.3 is 0 Å². The fraction of sp³-hybridized carbons (Fsp3) is 0.154. The van der Waals surface area contributed by atoms with Crippen molar-refractivity contribution in [2.75, 3.05) is 5.73 Å². The normalized spacial score (nSPS) is 11.3. The predicted octanol–water partition coefficient (Wildman–Crippen LogP) is 2.81. The molecule has 0 aliphatic heterocycles. The smallest absolute Gasteiger partial charge is 0.121 e. The molecule has 3 aromatic rings. The summed E-state index contributed by atoms with van der Waals surface area (Å²) in [5, 5.41) is 6.27. The van der Waals surface area contributed by atoms with Gasteiger partial charge in [-0.2, -0.15) is 5.10 Å². The zero-order chi connectivity index (χ0) is 12.9. The van der Waals surface area contributed by atoms with Crippen molar-refractivity contribution >= 4 is 28.3 Å². The molecule has 3 rings (SSSR count). The molecule has 2 aromatic heterocycles. The lowest BCUT2D eigenvalue weighted by atomic mass is 10.1. The number of aryl methyl sites for hydroxylation is 2. The first-order valence-electron chi connectivity index (χ1n) is 5.61. The van der Waals surface area contributed by atoms with Crippen molar-refractivity contribution in [2.45, 2.75) is 0 Å². The van der Waals surface area contributed by atoms with E-state index in [9.17, 15) is 0 Å². The minimum Gasteiger partial charge on any atom is -0.384 e. The monoisotopic (exact) mass is 260 g/mol. The van der Waals surface area contributed by atoms with Crippen LogP contribution in [0.3, 0.4) is 0 Å². The Labute approximate surface area is 110 Å². The molecule has 92 valence electrons. The minimum absolute atomic E-state index is 0.649. The third-order valence-electron chi connectivity index (χ3n) is 3.14. The molecule has 5 heteroatoms. The number of halogens is 1. The summed E-state index contributed by atoms with van der Waals surface area (Å²) in [5.74, 6) is 0.649. The fourth-order valence-electron chi connectivity index (χ4n) is 2.17. The second-order valence-corrected chi connectivity index (χ2v) is 4.83. The first kappa shape index (κ1) is 11.2. The number of nitrogens with zero attached hydrogens (tertiary/aromatic N) is 3. The molecule has 4 nitrogen and oxygen atoms in total. The standard InChI is InChI=1S/C13H13ClN4/c1-17-7-10(11-6-13(15)18(2)16-11)9-4-3-8(14)5-12(9)17/h3-7H,15H2,1-2H3. The second kappa shape index (κ2) is 3.78. The van der Waals surface area contributed by atoms with Crippen LogP contribution < -0.4 is 5.73 Å². The number of fused-ring (bicyclic) bond motifs is 1. The van der Waals surface area contributed by atoms with E-state index in [4.69, 9.17) is 17.3 Å². The third kappa shape index (κ3) is 1.57. The SMILES string of the molecule is Cn1nc(-c2cn(C)c3cc(Cl)ccc23)cc1N. The highest BCUT2D eigenvalue weighted by atomic mass is 35.5. The molecule has 0 saturated heterocycles. The zero-order valence-corrected chi connectivity index (χ0v) is 10.9. The highest BCUT2D eigenvalue weighted by molar-refractivity contribution is 6.31. The Bertz CT molecular complexity index is 719. The maximum absolute atomic E-state index is 6.02. The van der Waals surface area contributed by atoms with E-state index in [2.05, 4.69) is 5.10 Å². The summed E-state index contributed by atoms with van der Waals surface area (Å²) in [6.45, 7) is 0. The number of hydrogen-bond acceptors (Lipinski definition) is 2. The lowest BCUT2D eigenvalue weighted by Gasteiger charge is -1.96. The number of nitrogens with two attached hydrogens (primary N) is 1. The average molecular weight is 261 g/mol. The molecule has 18 heavy (non-hydrogen) atoms. The molecule has 0 bridgehead atoms. The summed E-state index contributed by atoms with van der Waals surface area (Å²) in [6.07, 6.45) is 2.04. The minimum atomic E-state index is 0.649. The van der Waals surface area contributed by atoms with Crippen LogP contribution in [0.15, 0.2) is 30.5 Å². The fourth-order valence-corrected chi connectivity index (χ4v) is 2.34. The van der Waals surface area contributed by atoms with E-state index in [0.717, 1.165) is 27.2 Å². The molecular weight excluding hydrogens is 248 g/mol. The molecule has 0 spiro atoms. The van der Waals surface area contributed by atoms with Gasteiger partial charge in [-0.1, -0.05) is 17.7 Å². The third-order valence-corrected chi connectivity index (χ3v) is 3.38. The molecule has 0 unspecified atom stereocenters. The lowest BCUT2D eigenvalue weighted by molar-refractivity contribution is 0.782. The van der Waals surface area contributed by atoms with E-state index in [-0.39, 0.29) is 0 Å². The first-order valence-corrected chi connectivity index (χ1v) is 5.98. The summed E-state index contributed by atoms with van der Waals surface area (Å²) in [7, 11) is 3.83. The Morgan fingerprint density at radius 1 is 1.22 bits per heavy atom. The Morgan fingerprint density at radius 2 is 2.00 bits per heavy atom. The van der Waals surface area contributed by atoms with Crippen molar-refractivity contribution in [1.82, 2.24) is 14.3 Å². The molecule has 1 aromatic carbocycles. The van der Waals surface area contributed by atoms with Crippen LogP contribution in [0.2, 0.25) is 5.02 Å². The van der Waals surface area contributed by atoms with E-state index in [0.29, 0.717) is 5.82 Å². The van der Waals surface area contributed by atoms with Crippen molar-refractivity contribution < 1.29 is 0 Å². The zero-order valence-electron chi connectivity index (χ0n) is 10.2. The van der Waals surface area contributed by atoms with Gasteiger partial charge in [-0.25, -0.2) is 0 Å². The molecule has 0 amide bonds. The molecule has 0 aliphatic rings. The molecular formula is C13H13ClN4. The van der Waals surface area contributed by atoms with Gasteiger partial charge in [-0.15, -0.1) is 0 Å². The Balaban J connectivity index is 2.30. The van der Waals surface area contributed by atoms with Gasteiger partial charge in [0.05, 0.1) is 5.69 Å². The first-order chi connectivity index (χ1) is 8.56. The molecule has 0 aliphatic carbocycles. The average Bonchev–Trinajstić information content (AvgIpc) is 2.82. The van der Waals surface area contributed by atoms with Crippen molar-refractivity contribution in [1.29, 1.82) is 0 Å². The molecule has 0 saturated carbocycles. The number of anilines is 1.